The van der Waals surface area contributed by atoms with Gasteiger partial charge in [0.15, 0.2) is 0 Å². The molecule has 1 heterocycles. The van der Waals surface area contributed by atoms with Gasteiger partial charge in [-0.3, -0.25) is 4.90 Å². The van der Waals surface area contributed by atoms with Crippen molar-refractivity contribution in [2.24, 2.45) is 0 Å². The highest BCUT2D eigenvalue weighted by molar-refractivity contribution is 7.88. The molecule has 1 atom stereocenters. The van der Waals surface area contributed by atoms with Gasteiger partial charge in [-0.1, -0.05) is 19.3 Å². The Labute approximate surface area is 116 Å². The van der Waals surface area contributed by atoms with Gasteiger partial charge in [-0.25, -0.2) is 8.42 Å². The first-order valence-corrected chi connectivity index (χ1v) is 9.07. The van der Waals surface area contributed by atoms with E-state index in [0.29, 0.717) is 13.1 Å². The fourth-order valence-corrected chi connectivity index (χ4v) is 4.57. The third-order valence-corrected chi connectivity index (χ3v) is 5.77. The van der Waals surface area contributed by atoms with Crippen molar-refractivity contribution < 1.29 is 13.5 Å². The van der Waals surface area contributed by atoms with Gasteiger partial charge in [0.1, 0.15) is 0 Å². The number of rotatable bonds is 3. The topological polar surface area (TPSA) is 60.9 Å². The molecule has 1 saturated heterocycles. The van der Waals surface area contributed by atoms with Crippen LogP contribution in [0.5, 0.6) is 0 Å². The maximum atomic E-state index is 11.6. The van der Waals surface area contributed by atoms with Gasteiger partial charge in [-0.05, 0) is 19.8 Å². The van der Waals surface area contributed by atoms with Gasteiger partial charge < -0.3 is 5.11 Å². The lowest BCUT2D eigenvalue weighted by Gasteiger charge is -2.43. The molecule has 0 aromatic carbocycles. The molecule has 2 rings (SSSR count). The van der Waals surface area contributed by atoms with Crippen LogP contribution in [0.2, 0.25) is 0 Å². The molecule has 0 unspecified atom stereocenters. The van der Waals surface area contributed by atoms with Gasteiger partial charge in [0.25, 0.3) is 0 Å². The van der Waals surface area contributed by atoms with E-state index in [1.54, 1.807) is 4.31 Å². The van der Waals surface area contributed by atoms with Gasteiger partial charge >= 0.3 is 0 Å². The predicted octanol–water partition coefficient (Wildman–Crippen LogP) is 0.647. The molecule has 112 valence electrons. The first-order valence-electron chi connectivity index (χ1n) is 7.22. The SMILES string of the molecule is C[C@H]1CN(CC2(O)CCCCC2)CCN1S(C)(=O)=O. The van der Waals surface area contributed by atoms with E-state index >= 15 is 0 Å². The summed E-state index contributed by atoms with van der Waals surface area (Å²) in [5.74, 6) is 0. The van der Waals surface area contributed by atoms with E-state index in [1.807, 2.05) is 6.92 Å². The quantitative estimate of drug-likeness (QED) is 0.829. The summed E-state index contributed by atoms with van der Waals surface area (Å²) >= 11 is 0. The molecule has 1 aliphatic carbocycles. The van der Waals surface area contributed by atoms with Crippen LogP contribution in [-0.4, -0.2) is 66.8 Å². The fourth-order valence-electron chi connectivity index (χ4n) is 3.44. The molecule has 0 radical (unpaired) electrons. The van der Waals surface area contributed by atoms with Crippen LogP contribution in [-0.2, 0) is 10.0 Å². The van der Waals surface area contributed by atoms with Gasteiger partial charge in [-0.2, -0.15) is 4.31 Å². The molecule has 0 spiro atoms. The number of aliphatic hydroxyl groups is 1. The van der Waals surface area contributed by atoms with Crippen molar-refractivity contribution in [1.82, 2.24) is 9.21 Å². The lowest BCUT2D eigenvalue weighted by Crippen LogP contribution is -2.57. The van der Waals surface area contributed by atoms with Crippen LogP contribution in [0.4, 0.5) is 0 Å². The minimum absolute atomic E-state index is 0.00376. The second kappa shape index (κ2) is 5.68. The Balaban J connectivity index is 1.91. The normalized spacial score (nSPS) is 30.4. The molecule has 0 aromatic rings. The highest BCUT2D eigenvalue weighted by Gasteiger charge is 2.35. The number of hydrogen-bond donors (Lipinski definition) is 1. The molecule has 2 aliphatic rings. The Morgan fingerprint density at radius 3 is 2.37 bits per heavy atom. The number of hydrogen-bond acceptors (Lipinski definition) is 4. The molecule has 0 amide bonds. The summed E-state index contributed by atoms with van der Waals surface area (Å²) in [4.78, 5) is 2.22. The van der Waals surface area contributed by atoms with Crippen LogP contribution in [0.1, 0.15) is 39.0 Å². The molecule has 19 heavy (non-hydrogen) atoms. The summed E-state index contributed by atoms with van der Waals surface area (Å²) in [5, 5.41) is 10.6. The summed E-state index contributed by atoms with van der Waals surface area (Å²) in [6, 6.07) is -0.00376. The lowest BCUT2D eigenvalue weighted by atomic mass is 9.84. The number of piperazine rings is 1. The molecule has 5 nitrogen and oxygen atoms in total. The Morgan fingerprint density at radius 2 is 1.84 bits per heavy atom. The molecule has 1 aliphatic heterocycles. The van der Waals surface area contributed by atoms with E-state index in [0.717, 1.165) is 38.8 Å². The number of β-amino-alcohol motifs (C(OH)–C–C–N with tert-alkyl or cyclic N) is 1. The van der Waals surface area contributed by atoms with Crippen LogP contribution in [0.3, 0.4) is 0 Å². The molecular weight excluding hydrogens is 264 g/mol. The molecule has 6 heteroatoms. The van der Waals surface area contributed by atoms with Gasteiger partial charge in [-0.15, -0.1) is 0 Å². The number of sulfonamides is 1. The Kier molecular flexibility index (Phi) is 4.55. The summed E-state index contributed by atoms with van der Waals surface area (Å²) in [5.41, 5.74) is -0.550. The molecule has 1 N–H and O–H groups in total. The first-order chi connectivity index (χ1) is 8.80. The molecule has 1 saturated carbocycles. The largest absolute Gasteiger partial charge is 0.389 e. The van der Waals surface area contributed by atoms with Crippen LogP contribution >= 0.6 is 0 Å². The highest BCUT2D eigenvalue weighted by atomic mass is 32.2. The smallest absolute Gasteiger partial charge is 0.211 e. The Bertz CT molecular complexity index is 404. The van der Waals surface area contributed by atoms with E-state index in [4.69, 9.17) is 0 Å². The van der Waals surface area contributed by atoms with Crippen molar-refractivity contribution in [2.45, 2.75) is 50.7 Å². The third-order valence-electron chi connectivity index (χ3n) is 4.38. The maximum absolute atomic E-state index is 11.6. The minimum Gasteiger partial charge on any atom is -0.389 e. The second-order valence-corrected chi connectivity index (χ2v) is 8.18. The highest BCUT2D eigenvalue weighted by Crippen LogP contribution is 2.29. The van der Waals surface area contributed by atoms with Crippen LogP contribution in [0, 0.1) is 0 Å². The minimum atomic E-state index is -3.10. The molecule has 0 aromatic heterocycles. The summed E-state index contributed by atoms with van der Waals surface area (Å²) in [7, 11) is -3.10. The predicted molar refractivity (Wildman–Crippen MR) is 75.5 cm³/mol. The van der Waals surface area contributed by atoms with Crippen molar-refractivity contribution in [3.8, 4) is 0 Å². The Hall–Kier alpha value is -0.170. The summed E-state index contributed by atoms with van der Waals surface area (Å²) in [6.07, 6.45) is 6.47. The molecule has 2 fully saturated rings. The summed E-state index contributed by atoms with van der Waals surface area (Å²) < 4.78 is 24.8. The van der Waals surface area contributed by atoms with Crippen LogP contribution < -0.4 is 0 Å². The van der Waals surface area contributed by atoms with E-state index in [-0.39, 0.29) is 6.04 Å². The van der Waals surface area contributed by atoms with Gasteiger partial charge in [0.2, 0.25) is 10.0 Å². The average molecular weight is 290 g/mol. The van der Waals surface area contributed by atoms with E-state index in [1.165, 1.54) is 12.7 Å². The zero-order valence-corrected chi connectivity index (χ0v) is 12.8. The average Bonchev–Trinajstić information content (AvgIpc) is 2.27. The van der Waals surface area contributed by atoms with Crippen LogP contribution in [0.15, 0.2) is 0 Å². The van der Waals surface area contributed by atoms with Crippen molar-refractivity contribution in [1.29, 1.82) is 0 Å². The standard InChI is InChI=1S/C13H26N2O3S/c1-12-10-14(8-9-15(12)19(2,17)18)11-13(16)6-4-3-5-7-13/h12,16H,3-11H2,1-2H3/t12-/m0/s1. The van der Waals surface area contributed by atoms with E-state index < -0.39 is 15.6 Å². The lowest BCUT2D eigenvalue weighted by molar-refractivity contribution is -0.0357. The second-order valence-electron chi connectivity index (χ2n) is 6.24. The zero-order chi connectivity index (χ0) is 14.1. The third kappa shape index (κ3) is 3.90. The van der Waals surface area contributed by atoms with Crippen LogP contribution in [0.25, 0.3) is 0 Å². The van der Waals surface area contributed by atoms with Gasteiger partial charge in [0, 0.05) is 32.2 Å². The first kappa shape index (κ1) is 15.2. The molecular formula is C13H26N2O3S. The van der Waals surface area contributed by atoms with Gasteiger partial charge in [0.05, 0.1) is 11.9 Å². The van der Waals surface area contributed by atoms with Crippen molar-refractivity contribution in [3.63, 3.8) is 0 Å². The number of nitrogens with zero attached hydrogens (tertiary/aromatic N) is 2. The monoisotopic (exact) mass is 290 g/mol. The van der Waals surface area contributed by atoms with Crippen molar-refractivity contribution in [2.75, 3.05) is 32.4 Å². The Morgan fingerprint density at radius 1 is 1.21 bits per heavy atom. The maximum Gasteiger partial charge on any atom is 0.211 e. The van der Waals surface area contributed by atoms with E-state index in [2.05, 4.69) is 4.90 Å². The fraction of sp³-hybridized carbons (Fsp3) is 1.00. The van der Waals surface area contributed by atoms with E-state index in [9.17, 15) is 13.5 Å². The van der Waals surface area contributed by atoms with Crippen molar-refractivity contribution >= 4 is 10.0 Å². The van der Waals surface area contributed by atoms with Crippen molar-refractivity contribution in [3.05, 3.63) is 0 Å². The zero-order valence-electron chi connectivity index (χ0n) is 12.0. The summed E-state index contributed by atoms with van der Waals surface area (Å²) in [6.45, 7) is 4.61. The molecule has 0 bridgehead atoms.